The molecule has 0 bridgehead atoms. The second-order valence-corrected chi connectivity index (χ2v) is 4.50. The molecule has 1 heterocycles. The molecule has 0 amide bonds. The smallest absolute Gasteiger partial charge is 0.0925 e. The first-order valence-electron chi connectivity index (χ1n) is 4.04. The van der Waals surface area contributed by atoms with Gasteiger partial charge in [0, 0.05) is 16.1 Å². The summed E-state index contributed by atoms with van der Waals surface area (Å²) in [7, 11) is 0. The van der Waals surface area contributed by atoms with E-state index in [0.29, 0.717) is 20.0 Å². The van der Waals surface area contributed by atoms with E-state index in [1.54, 1.807) is 12.3 Å². The number of anilines is 1. The van der Waals surface area contributed by atoms with Crippen molar-refractivity contribution in [2.75, 3.05) is 5.43 Å². The van der Waals surface area contributed by atoms with Crippen LogP contribution in [0.15, 0.2) is 22.8 Å². The summed E-state index contributed by atoms with van der Waals surface area (Å²) >= 11 is 15.4. The highest BCUT2D eigenvalue weighted by molar-refractivity contribution is 9.10. The zero-order valence-corrected chi connectivity index (χ0v) is 10.5. The summed E-state index contributed by atoms with van der Waals surface area (Å²) in [5.74, 6) is 5.38. The van der Waals surface area contributed by atoms with Crippen LogP contribution in [0.2, 0.25) is 10.0 Å². The summed E-state index contributed by atoms with van der Waals surface area (Å²) in [5.41, 5.74) is 3.96. The van der Waals surface area contributed by atoms with Gasteiger partial charge in [-0.2, -0.15) is 0 Å². The third-order valence-electron chi connectivity index (χ3n) is 2.03. The number of hydrogen-bond donors (Lipinski definition) is 2. The lowest BCUT2D eigenvalue weighted by atomic mass is 10.2. The maximum absolute atomic E-state index is 6.07. The number of hydrazine groups is 1. The van der Waals surface area contributed by atoms with Crippen molar-refractivity contribution in [1.29, 1.82) is 0 Å². The first-order valence-corrected chi connectivity index (χ1v) is 5.59. The van der Waals surface area contributed by atoms with Gasteiger partial charge in [0.15, 0.2) is 0 Å². The van der Waals surface area contributed by atoms with Crippen LogP contribution in [0.3, 0.4) is 0 Å². The minimum Gasteiger partial charge on any atom is -0.323 e. The van der Waals surface area contributed by atoms with Crippen molar-refractivity contribution in [3.05, 3.63) is 32.8 Å². The number of rotatable bonds is 1. The summed E-state index contributed by atoms with van der Waals surface area (Å²) in [5, 5.41) is 1.69. The number of nitrogens with two attached hydrogens (primary N) is 1. The fourth-order valence-electron chi connectivity index (χ4n) is 1.32. The number of nitrogens with one attached hydrogen (secondary N) is 1. The molecule has 78 valence electrons. The van der Waals surface area contributed by atoms with Crippen molar-refractivity contribution in [3.8, 4) is 0 Å². The molecule has 0 saturated carbocycles. The quantitative estimate of drug-likeness (QED) is 0.481. The second-order valence-electron chi connectivity index (χ2n) is 2.89. The Labute approximate surface area is 105 Å². The molecule has 0 aliphatic rings. The average Bonchev–Trinajstić information content (AvgIpc) is 2.25. The van der Waals surface area contributed by atoms with E-state index in [2.05, 4.69) is 26.3 Å². The molecule has 2 rings (SSSR count). The number of aromatic nitrogens is 1. The van der Waals surface area contributed by atoms with Crippen LogP contribution in [0.1, 0.15) is 0 Å². The molecule has 1 aromatic heterocycles. The van der Waals surface area contributed by atoms with E-state index >= 15 is 0 Å². The standard InChI is InChI=1S/C9H6BrCl2N3/c10-5-3-4-6(15-13)1-2-14-9(4)8(12)7(5)11/h1-3H,13H2,(H,14,15). The van der Waals surface area contributed by atoms with Crippen LogP contribution >= 0.6 is 39.1 Å². The molecule has 15 heavy (non-hydrogen) atoms. The number of nitrogens with zero attached hydrogens (tertiary/aromatic N) is 1. The van der Waals surface area contributed by atoms with Crippen molar-refractivity contribution in [1.82, 2.24) is 4.98 Å². The zero-order chi connectivity index (χ0) is 11.0. The van der Waals surface area contributed by atoms with E-state index in [0.717, 1.165) is 11.1 Å². The maximum atomic E-state index is 6.07. The second kappa shape index (κ2) is 4.14. The summed E-state index contributed by atoms with van der Waals surface area (Å²) in [4.78, 5) is 4.16. The number of fused-ring (bicyclic) bond motifs is 1. The fourth-order valence-corrected chi connectivity index (χ4v) is 2.26. The molecule has 0 fully saturated rings. The third-order valence-corrected chi connectivity index (χ3v) is 3.74. The molecule has 3 nitrogen and oxygen atoms in total. The molecule has 6 heteroatoms. The molecule has 0 aliphatic carbocycles. The van der Waals surface area contributed by atoms with Crippen molar-refractivity contribution in [2.45, 2.75) is 0 Å². The number of nitrogen functional groups attached to an aromatic ring is 1. The molecular weight excluding hydrogens is 301 g/mol. The Balaban J connectivity index is 2.91. The molecule has 0 saturated heterocycles. The number of hydrogen-bond acceptors (Lipinski definition) is 3. The van der Waals surface area contributed by atoms with Gasteiger partial charge in [0.25, 0.3) is 0 Å². The van der Waals surface area contributed by atoms with Crippen molar-refractivity contribution in [3.63, 3.8) is 0 Å². The number of pyridine rings is 1. The van der Waals surface area contributed by atoms with Crippen LogP contribution in [-0.4, -0.2) is 4.98 Å². The highest BCUT2D eigenvalue weighted by atomic mass is 79.9. The van der Waals surface area contributed by atoms with Gasteiger partial charge < -0.3 is 5.43 Å². The first-order chi connectivity index (χ1) is 7.15. The van der Waals surface area contributed by atoms with E-state index in [-0.39, 0.29) is 0 Å². The molecule has 0 unspecified atom stereocenters. The fraction of sp³-hybridized carbons (Fsp3) is 0. The van der Waals surface area contributed by atoms with Crippen LogP contribution in [0.4, 0.5) is 5.69 Å². The Hall–Kier alpha value is -0.550. The highest BCUT2D eigenvalue weighted by Crippen LogP contribution is 2.37. The van der Waals surface area contributed by atoms with Crippen molar-refractivity contribution < 1.29 is 0 Å². The highest BCUT2D eigenvalue weighted by Gasteiger charge is 2.11. The lowest BCUT2D eigenvalue weighted by Crippen LogP contribution is -2.07. The number of halogens is 3. The molecule has 0 aliphatic heterocycles. The number of benzene rings is 1. The first kappa shape index (κ1) is 11.0. The van der Waals surface area contributed by atoms with E-state index in [1.807, 2.05) is 6.07 Å². The van der Waals surface area contributed by atoms with E-state index in [9.17, 15) is 0 Å². The van der Waals surface area contributed by atoms with Crippen LogP contribution in [0.25, 0.3) is 10.9 Å². The van der Waals surface area contributed by atoms with Gasteiger partial charge in [0.1, 0.15) is 0 Å². The van der Waals surface area contributed by atoms with Crippen LogP contribution in [-0.2, 0) is 0 Å². The van der Waals surface area contributed by atoms with Gasteiger partial charge in [-0.3, -0.25) is 10.8 Å². The predicted molar refractivity (Wildman–Crippen MR) is 67.3 cm³/mol. The zero-order valence-electron chi connectivity index (χ0n) is 7.39. The topological polar surface area (TPSA) is 50.9 Å². The van der Waals surface area contributed by atoms with Crippen molar-refractivity contribution >= 4 is 55.7 Å². The monoisotopic (exact) mass is 305 g/mol. The molecule has 0 atom stereocenters. The Morgan fingerprint density at radius 3 is 2.73 bits per heavy atom. The van der Waals surface area contributed by atoms with Crippen LogP contribution in [0.5, 0.6) is 0 Å². The Kier molecular flexibility index (Phi) is 3.02. The lowest BCUT2D eigenvalue weighted by Gasteiger charge is -2.08. The van der Waals surface area contributed by atoms with Crippen LogP contribution < -0.4 is 11.3 Å². The minimum absolute atomic E-state index is 0.415. The van der Waals surface area contributed by atoms with Crippen molar-refractivity contribution in [2.24, 2.45) is 5.84 Å². The summed E-state index contributed by atoms with van der Waals surface area (Å²) < 4.78 is 0.714. The van der Waals surface area contributed by atoms with Gasteiger partial charge in [-0.1, -0.05) is 23.2 Å². The third kappa shape index (κ3) is 1.78. The van der Waals surface area contributed by atoms with Gasteiger partial charge >= 0.3 is 0 Å². The molecule has 1 aromatic carbocycles. The van der Waals surface area contributed by atoms with Gasteiger partial charge in [-0.05, 0) is 28.1 Å². The molecule has 3 N–H and O–H groups in total. The van der Waals surface area contributed by atoms with E-state index in [1.165, 1.54) is 0 Å². The van der Waals surface area contributed by atoms with Gasteiger partial charge in [0.2, 0.25) is 0 Å². The summed E-state index contributed by atoms with van der Waals surface area (Å²) in [6, 6.07) is 3.59. The van der Waals surface area contributed by atoms with Gasteiger partial charge in [0.05, 0.1) is 21.2 Å². The van der Waals surface area contributed by atoms with E-state index < -0.39 is 0 Å². The molecule has 2 aromatic rings. The normalized spacial score (nSPS) is 10.7. The van der Waals surface area contributed by atoms with Gasteiger partial charge in [-0.15, -0.1) is 0 Å². The van der Waals surface area contributed by atoms with Gasteiger partial charge in [-0.25, -0.2) is 0 Å². The molecule has 0 spiro atoms. The lowest BCUT2D eigenvalue weighted by molar-refractivity contribution is 1.33. The maximum Gasteiger partial charge on any atom is 0.0925 e. The Morgan fingerprint density at radius 1 is 1.33 bits per heavy atom. The predicted octanol–water partition coefficient (Wildman–Crippen LogP) is 3.59. The molecule has 0 radical (unpaired) electrons. The summed E-state index contributed by atoms with van der Waals surface area (Å²) in [6.07, 6.45) is 1.62. The molecular formula is C9H6BrCl2N3. The Bertz CT molecular complexity index is 530. The average molecular weight is 307 g/mol. The van der Waals surface area contributed by atoms with E-state index in [4.69, 9.17) is 29.0 Å². The largest absolute Gasteiger partial charge is 0.323 e. The van der Waals surface area contributed by atoms with Crippen LogP contribution in [0, 0.1) is 0 Å². The summed E-state index contributed by atoms with van der Waals surface area (Å²) in [6.45, 7) is 0. The SMILES string of the molecule is NNc1ccnc2c(Cl)c(Cl)c(Br)cc12. The minimum atomic E-state index is 0.415. The Morgan fingerprint density at radius 2 is 2.07 bits per heavy atom.